The van der Waals surface area contributed by atoms with E-state index in [9.17, 15) is 34.1 Å². The third-order valence-corrected chi connectivity index (χ3v) is 4.10. The van der Waals surface area contributed by atoms with Crippen molar-refractivity contribution in [3.63, 3.8) is 0 Å². The van der Waals surface area contributed by atoms with Crippen LogP contribution < -0.4 is 21.3 Å². The van der Waals surface area contributed by atoms with E-state index >= 15 is 0 Å². The van der Waals surface area contributed by atoms with Crippen molar-refractivity contribution in [2.24, 2.45) is 0 Å². The molecule has 0 heterocycles. The summed E-state index contributed by atoms with van der Waals surface area (Å²) in [5, 5.41) is 28.9. The number of nitro benzene ring substituents is 1. The van der Waals surface area contributed by atoms with Gasteiger partial charge in [-0.25, -0.2) is 0 Å². The lowest BCUT2D eigenvalue weighted by molar-refractivity contribution is -0.384. The van der Waals surface area contributed by atoms with Gasteiger partial charge in [-0.3, -0.25) is 34.1 Å². The van der Waals surface area contributed by atoms with E-state index in [0.29, 0.717) is 5.69 Å². The van der Waals surface area contributed by atoms with Crippen LogP contribution >= 0.6 is 0 Å². The van der Waals surface area contributed by atoms with Crippen molar-refractivity contribution < 1.29 is 34.0 Å². The molecule has 0 bridgehead atoms. The Balaban J connectivity index is 2.34. The molecule has 0 spiro atoms. The fraction of sp³-hybridized carbons (Fsp3) is 0.421. The molecule has 4 amide bonds. The smallest absolute Gasteiger partial charge is 0.303 e. The number of aliphatic carboxylic acids is 1. The average molecular weight is 451 g/mol. The molecule has 1 rings (SSSR count). The molecule has 13 heteroatoms. The Labute approximate surface area is 183 Å². The number of hydrogen-bond donors (Lipinski definition) is 5. The monoisotopic (exact) mass is 451 g/mol. The maximum Gasteiger partial charge on any atom is 0.303 e. The number of carboxylic acids is 1. The normalized spacial score (nSPS) is 12.1. The second kappa shape index (κ2) is 12.6. The molecule has 13 nitrogen and oxygen atoms in total. The first kappa shape index (κ1) is 26.0. The van der Waals surface area contributed by atoms with Gasteiger partial charge in [-0.15, -0.1) is 0 Å². The van der Waals surface area contributed by atoms with Gasteiger partial charge in [-0.2, -0.15) is 0 Å². The highest BCUT2D eigenvalue weighted by Gasteiger charge is 2.18. The van der Waals surface area contributed by atoms with E-state index in [-0.39, 0.29) is 31.5 Å². The van der Waals surface area contributed by atoms with Gasteiger partial charge in [0, 0.05) is 37.2 Å². The molecule has 0 fully saturated rings. The summed E-state index contributed by atoms with van der Waals surface area (Å²) in [6.45, 7) is 2.82. The fourth-order valence-corrected chi connectivity index (χ4v) is 2.35. The van der Waals surface area contributed by atoms with Gasteiger partial charge in [0.25, 0.3) is 5.69 Å². The Morgan fingerprint density at radius 1 is 0.906 bits per heavy atom. The van der Waals surface area contributed by atoms with Crippen LogP contribution in [0.2, 0.25) is 0 Å². The summed E-state index contributed by atoms with van der Waals surface area (Å²) in [6, 6.07) is 3.38. The highest BCUT2D eigenvalue weighted by molar-refractivity contribution is 5.97. The summed E-state index contributed by atoms with van der Waals surface area (Å²) in [5.41, 5.74) is 0.203. The lowest BCUT2D eigenvalue weighted by Crippen LogP contribution is -2.46. The molecule has 2 atom stereocenters. The minimum absolute atomic E-state index is 0.0449. The van der Waals surface area contributed by atoms with Crippen LogP contribution in [-0.2, 0) is 24.0 Å². The number of anilines is 1. The summed E-state index contributed by atoms with van der Waals surface area (Å²) in [6.07, 6.45) is -0.730. The first-order chi connectivity index (χ1) is 15.0. The summed E-state index contributed by atoms with van der Waals surface area (Å²) in [7, 11) is 0. The van der Waals surface area contributed by atoms with Crippen molar-refractivity contribution in [3.8, 4) is 0 Å². The van der Waals surface area contributed by atoms with Crippen molar-refractivity contribution in [1.82, 2.24) is 16.0 Å². The van der Waals surface area contributed by atoms with Crippen LogP contribution in [0.3, 0.4) is 0 Å². The lowest BCUT2D eigenvalue weighted by Gasteiger charge is -2.15. The fourth-order valence-electron chi connectivity index (χ4n) is 2.35. The van der Waals surface area contributed by atoms with E-state index in [0.717, 1.165) is 0 Å². The first-order valence-electron chi connectivity index (χ1n) is 9.63. The van der Waals surface area contributed by atoms with Gasteiger partial charge >= 0.3 is 5.97 Å². The highest BCUT2D eigenvalue weighted by Crippen LogP contribution is 2.15. The van der Waals surface area contributed by atoms with Gasteiger partial charge in [0.2, 0.25) is 23.6 Å². The molecule has 1 aromatic rings. The van der Waals surface area contributed by atoms with E-state index in [1.54, 1.807) is 0 Å². The van der Waals surface area contributed by atoms with Gasteiger partial charge in [0.05, 0.1) is 11.3 Å². The van der Waals surface area contributed by atoms with Crippen molar-refractivity contribution in [2.75, 3.05) is 11.9 Å². The van der Waals surface area contributed by atoms with Crippen molar-refractivity contribution >= 4 is 41.0 Å². The molecule has 0 aliphatic rings. The van der Waals surface area contributed by atoms with Gasteiger partial charge in [-0.05, 0) is 26.0 Å². The summed E-state index contributed by atoms with van der Waals surface area (Å²) < 4.78 is 0. The molecular weight excluding hydrogens is 426 g/mol. The molecule has 1 aromatic carbocycles. The second-order valence-electron chi connectivity index (χ2n) is 6.81. The summed E-state index contributed by atoms with van der Waals surface area (Å²) in [5.74, 6) is -3.30. The number of nitrogens with one attached hydrogen (secondary N) is 4. The lowest BCUT2D eigenvalue weighted by atomic mass is 10.2. The number of nitrogens with zero attached hydrogens (tertiary/aromatic N) is 1. The molecule has 174 valence electrons. The molecule has 0 saturated heterocycles. The van der Waals surface area contributed by atoms with Crippen LogP contribution in [0.4, 0.5) is 11.4 Å². The van der Waals surface area contributed by atoms with Crippen LogP contribution in [0.25, 0.3) is 0 Å². The van der Waals surface area contributed by atoms with Gasteiger partial charge in [0.1, 0.15) is 12.1 Å². The van der Waals surface area contributed by atoms with Crippen molar-refractivity contribution in [3.05, 3.63) is 34.4 Å². The van der Waals surface area contributed by atoms with Crippen LogP contribution in [0.5, 0.6) is 0 Å². The summed E-state index contributed by atoms with van der Waals surface area (Å²) >= 11 is 0. The molecule has 0 unspecified atom stereocenters. The minimum Gasteiger partial charge on any atom is -0.481 e. The highest BCUT2D eigenvalue weighted by atomic mass is 16.6. The number of carboxylic acid groups (broad SMARTS) is 1. The zero-order valence-electron chi connectivity index (χ0n) is 17.5. The van der Waals surface area contributed by atoms with Gasteiger partial charge in [-0.1, -0.05) is 0 Å². The number of hydrogen-bond acceptors (Lipinski definition) is 7. The molecule has 0 aliphatic heterocycles. The first-order valence-corrected chi connectivity index (χ1v) is 9.63. The number of benzene rings is 1. The van der Waals surface area contributed by atoms with Crippen LogP contribution in [0.1, 0.15) is 33.1 Å². The molecule has 32 heavy (non-hydrogen) atoms. The molecule has 0 saturated carbocycles. The number of carbonyl (C=O) groups is 5. The minimum atomic E-state index is -1.13. The topological polar surface area (TPSA) is 197 Å². The maximum absolute atomic E-state index is 12.1. The largest absolute Gasteiger partial charge is 0.481 e. The Morgan fingerprint density at radius 2 is 1.44 bits per heavy atom. The molecule has 0 aromatic heterocycles. The third kappa shape index (κ3) is 9.65. The number of rotatable bonds is 12. The van der Waals surface area contributed by atoms with E-state index in [2.05, 4.69) is 21.3 Å². The molecular formula is C19H25N5O8. The SMILES string of the molecule is C[C@H](NC(=O)CCNC(=O)[C@@H](C)NC(=O)CCC(=O)O)C(=O)Nc1ccc([N+](=O)[O-])cc1. The van der Waals surface area contributed by atoms with Crippen LogP contribution in [-0.4, -0.2) is 58.3 Å². The van der Waals surface area contributed by atoms with E-state index in [1.165, 1.54) is 38.1 Å². The number of carbonyl (C=O) groups excluding carboxylic acids is 4. The quantitative estimate of drug-likeness (QED) is 0.215. The van der Waals surface area contributed by atoms with E-state index in [4.69, 9.17) is 5.11 Å². The van der Waals surface area contributed by atoms with Gasteiger partial charge < -0.3 is 26.4 Å². The molecule has 0 aliphatic carbocycles. The Morgan fingerprint density at radius 3 is 1.97 bits per heavy atom. The van der Waals surface area contributed by atoms with Crippen LogP contribution in [0, 0.1) is 10.1 Å². The third-order valence-electron chi connectivity index (χ3n) is 4.10. The zero-order valence-corrected chi connectivity index (χ0v) is 17.5. The number of nitro groups is 1. The maximum atomic E-state index is 12.1. The summed E-state index contributed by atoms with van der Waals surface area (Å²) in [4.78, 5) is 68.0. The van der Waals surface area contributed by atoms with E-state index in [1.807, 2.05) is 0 Å². The molecule has 0 radical (unpaired) electrons. The van der Waals surface area contributed by atoms with Crippen LogP contribution in [0.15, 0.2) is 24.3 Å². The predicted molar refractivity (Wildman–Crippen MR) is 111 cm³/mol. The van der Waals surface area contributed by atoms with Gasteiger partial charge in [0.15, 0.2) is 0 Å². The van der Waals surface area contributed by atoms with E-state index < -0.39 is 46.6 Å². The number of amides is 4. The standard InChI is InChI=1S/C19H25N5O8/c1-11(21-15(25)7-8-17(27)28)18(29)20-10-9-16(26)22-12(2)19(30)23-13-3-5-14(6-4-13)24(31)32/h3-6,11-12H,7-10H2,1-2H3,(H,20,29)(H,21,25)(H,22,26)(H,23,30)(H,27,28)/t11-,12+/m1/s1. The van der Waals surface area contributed by atoms with Crippen molar-refractivity contribution in [2.45, 2.75) is 45.2 Å². The molecule has 5 N–H and O–H groups in total. The predicted octanol–water partition coefficient (Wildman–Crippen LogP) is -0.0862. The Kier molecular flexibility index (Phi) is 10.3. The zero-order chi connectivity index (χ0) is 24.3. The van der Waals surface area contributed by atoms with Crippen molar-refractivity contribution in [1.29, 1.82) is 0 Å². The Hall–Kier alpha value is -4.03. The second-order valence-corrected chi connectivity index (χ2v) is 6.81. The Bertz CT molecular complexity index is 871. The number of non-ortho nitro benzene ring substituents is 1. The average Bonchev–Trinajstić information content (AvgIpc) is 2.72.